The Bertz CT molecular complexity index is 2100. The van der Waals surface area contributed by atoms with Crippen molar-refractivity contribution in [2.45, 2.75) is 124 Å². The number of hydrogen-bond acceptors (Lipinski definition) is 17. The number of aliphatic hydroxyl groups excluding tert-OH is 5. The molecular formula is C45H64ClN5O14S. The number of nitrogens with zero attached hydrogens (tertiary/aromatic N) is 1. The number of primary amides is 1. The molecule has 3 aliphatic carbocycles. The van der Waals surface area contributed by atoms with Crippen molar-refractivity contribution in [3.63, 3.8) is 0 Å². The predicted molar refractivity (Wildman–Crippen MR) is 241 cm³/mol. The highest BCUT2D eigenvalue weighted by Gasteiger charge is 2.65. The minimum absolute atomic E-state index is 0.0124. The Labute approximate surface area is 392 Å². The molecule has 14 atom stereocenters. The Morgan fingerprint density at radius 2 is 1.73 bits per heavy atom. The highest BCUT2D eigenvalue weighted by molar-refractivity contribution is 7.99. The number of benzene rings is 1. The molecule has 19 nitrogen and oxygen atoms in total. The van der Waals surface area contributed by atoms with E-state index in [0.717, 1.165) is 19.4 Å². The van der Waals surface area contributed by atoms with Gasteiger partial charge in [0.2, 0.25) is 17.6 Å². The van der Waals surface area contributed by atoms with Crippen molar-refractivity contribution in [1.82, 2.24) is 20.9 Å². The first-order chi connectivity index (χ1) is 31.1. The Morgan fingerprint density at radius 3 is 2.38 bits per heavy atom. The minimum atomic E-state index is -2.92. The van der Waals surface area contributed by atoms with Crippen molar-refractivity contribution >= 4 is 52.7 Å². The number of likely N-dealkylation sites (tertiary alicyclic amines) is 1. The lowest BCUT2D eigenvalue weighted by Gasteiger charge is -2.52. The van der Waals surface area contributed by atoms with Crippen LogP contribution < -0.4 is 21.7 Å². The third-order valence-electron chi connectivity index (χ3n) is 14.2. The van der Waals surface area contributed by atoms with Crippen molar-refractivity contribution < 1.29 is 69.6 Å². The SMILES string of the molecule is CCC1CC(C(=O)NC(C(C)Cl)C2O[C@H](SC)C(O)[C@H](O)[C@H]2O)CN(CCCCCC(=O)NCCN[C@@H]2C(O)=C(C(N)=O)C(=O)[C@@]3(O)C(O)=C4C(=O)c5c(O)cccc5[C@@](C)(O)[C@H]4C[C@@H]23)C1. The molecular weight excluding hydrogens is 902 g/mol. The number of nitrogens with one attached hydrogen (secondary N) is 3. The van der Waals surface area contributed by atoms with Crippen LogP contribution in [0.3, 0.4) is 0 Å². The number of amides is 3. The number of nitrogens with two attached hydrogens (primary N) is 1. The standard InChI is InChI=1S/C45H64ClN5O14S/c1-5-21-16-22(42(62)50-31(20(2)46)38-36(57)35(56)37(58)43(65-38)66-4)19-51(18-21)15-8-6-7-12-27(53)48-13-14-49-32-25-17-24-29(33(54)28-23(44(24,3)63)10-9-11-26(28)52)39(59)45(25,64)40(60)30(34(32)55)41(47)61/h9-11,20-22,24-25,31-32,35-38,43,49,52,55-59,63-64H,5-8,12-19H2,1-4H3,(H2,47,61)(H,48,53)(H,50,62)/t20?,21?,22?,24-,25-,31?,32-,35+,36+,37?,38?,43+,44+,45-/m0/s1. The van der Waals surface area contributed by atoms with Gasteiger partial charge in [-0.2, -0.15) is 0 Å². The average molecular weight is 967 g/mol. The number of Topliss-reactive ketones (excluding diaryl/α,β-unsaturated/α-hetero) is 2. The van der Waals surface area contributed by atoms with Gasteiger partial charge in [-0.1, -0.05) is 31.9 Å². The number of alkyl halides is 1. The number of ether oxygens (including phenoxy) is 1. The summed E-state index contributed by atoms with van der Waals surface area (Å²) in [4.78, 5) is 68.7. The lowest BCUT2D eigenvalue weighted by atomic mass is 9.55. The molecule has 5 aliphatic rings. The minimum Gasteiger partial charge on any atom is -0.510 e. The number of ketones is 2. The second-order valence-electron chi connectivity index (χ2n) is 18.5. The number of aromatic hydroxyl groups is 1. The summed E-state index contributed by atoms with van der Waals surface area (Å²) < 4.78 is 5.92. The van der Waals surface area contributed by atoms with E-state index in [-0.39, 0.29) is 60.7 Å². The lowest BCUT2D eigenvalue weighted by Crippen LogP contribution is -2.65. The molecule has 0 spiro atoms. The Kier molecular flexibility index (Phi) is 16.3. The zero-order valence-corrected chi connectivity index (χ0v) is 39.1. The van der Waals surface area contributed by atoms with Crippen molar-refractivity contribution in [2.24, 2.45) is 29.4 Å². The first-order valence-corrected chi connectivity index (χ1v) is 24.3. The van der Waals surface area contributed by atoms with Gasteiger partial charge in [0, 0.05) is 50.0 Å². The predicted octanol–water partition coefficient (Wildman–Crippen LogP) is 0.121. The second-order valence-corrected chi connectivity index (χ2v) is 20.1. The van der Waals surface area contributed by atoms with Crippen LogP contribution in [0.5, 0.6) is 5.75 Å². The monoisotopic (exact) mass is 965 g/mol. The summed E-state index contributed by atoms with van der Waals surface area (Å²) in [5.74, 6) is -9.42. The topological polar surface area (TPSA) is 322 Å². The molecule has 0 bridgehead atoms. The number of fused-ring (bicyclic) bond motifs is 3. The first-order valence-electron chi connectivity index (χ1n) is 22.5. The van der Waals surface area contributed by atoms with E-state index >= 15 is 0 Å². The smallest absolute Gasteiger partial charge is 0.255 e. The number of phenolic OH excluding ortho intramolecular Hbond substituents is 1. The molecule has 2 fully saturated rings. The highest BCUT2D eigenvalue weighted by Crippen LogP contribution is 2.56. The lowest BCUT2D eigenvalue weighted by molar-refractivity contribution is -0.205. The number of piperidine rings is 1. The van der Waals surface area contributed by atoms with Crippen molar-refractivity contribution in [2.75, 3.05) is 39.0 Å². The molecule has 6 rings (SSSR count). The molecule has 13 N–H and O–H groups in total. The summed E-state index contributed by atoms with van der Waals surface area (Å²) in [5.41, 5.74) is -1.93. The number of halogens is 1. The quantitative estimate of drug-likeness (QED) is 0.0561. The van der Waals surface area contributed by atoms with Gasteiger partial charge < -0.3 is 72.2 Å². The maximum absolute atomic E-state index is 13.7. The number of aliphatic hydroxyl groups is 7. The van der Waals surface area contributed by atoms with E-state index in [9.17, 15) is 64.8 Å². The molecule has 2 heterocycles. The van der Waals surface area contributed by atoms with Gasteiger partial charge in [-0.25, -0.2) is 0 Å². The van der Waals surface area contributed by atoms with E-state index < -0.39 is 116 Å². The van der Waals surface area contributed by atoms with Crippen molar-refractivity contribution in [1.29, 1.82) is 0 Å². The summed E-state index contributed by atoms with van der Waals surface area (Å²) in [6.45, 7) is 7.06. The average Bonchev–Trinajstić information content (AvgIpc) is 3.27. The van der Waals surface area contributed by atoms with E-state index in [0.29, 0.717) is 32.4 Å². The van der Waals surface area contributed by atoms with Gasteiger partial charge in [-0.15, -0.1) is 23.4 Å². The van der Waals surface area contributed by atoms with E-state index in [1.165, 1.54) is 36.9 Å². The highest BCUT2D eigenvalue weighted by atomic mass is 35.5. The molecule has 0 saturated carbocycles. The van der Waals surface area contributed by atoms with Gasteiger partial charge in [0.1, 0.15) is 52.7 Å². The Morgan fingerprint density at radius 1 is 1.02 bits per heavy atom. The van der Waals surface area contributed by atoms with Crippen LogP contribution in [0, 0.1) is 23.7 Å². The van der Waals surface area contributed by atoms with Gasteiger partial charge in [0.05, 0.1) is 34.5 Å². The summed E-state index contributed by atoms with van der Waals surface area (Å²) in [6.07, 6.45) is -0.178. The zero-order chi connectivity index (χ0) is 48.6. The normalized spacial score (nSPS) is 34.5. The van der Waals surface area contributed by atoms with Crippen LogP contribution >= 0.6 is 23.4 Å². The second kappa shape index (κ2) is 20.8. The fraction of sp³-hybridized carbons (Fsp3) is 0.667. The molecule has 66 heavy (non-hydrogen) atoms. The van der Waals surface area contributed by atoms with E-state index in [2.05, 4.69) is 27.8 Å². The van der Waals surface area contributed by atoms with Gasteiger partial charge in [0.15, 0.2) is 11.4 Å². The fourth-order valence-electron chi connectivity index (χ4n) is 10.6. The van der Waals surface area contributed by atoms with Crippen LogP contribution in [-0.2, 0) is 29.5 Å². The van der Waals surface area contributed by atoms with Crippen LogP contribution in [0.2, 0.25) is 0 Å². The molecule has 6 unspecified atom stereocenters. The third-order valence-corrected chi connectivity index (χ3v) is 15.4. The van der Waals surface area contributed by atoms with Gasteiger partial charge in [0.25, 0.3) is 5.91 Å². The maximum atomic E-state index is 13.7. The van der Waals surface area contributed by atoms with Crippen LogP contribution in [0.15, 0.2) is 40.9 Å². The zero-order valence-electron chi connectivity index (χ0n) is 37.5. The summed E-state index contributed by atoms with van der Waals surface area (Å²) >= 11 is 7.68. The number of unbranched alkanes of at least 4 members (excludes halogenated alkanes) is 2. The third kappa shape index (κ3) is 9.73. The fourth-order valence-corrected chi connectivity index (χ4v) is 11.4. The summed E-state index contributed by atoms with van der Waals surface area (Å²) in [7, 11) is 0. The maximum Gasteiger partial charge on any atom is 0.255 e. The Balaban J connectivity index is 1.00. The first kappa shape index (κ1) is 51.6. The molecule has 3 amide bonds. The number of phenols is 1. The molecule has 1 aromatic carbocycles. The molecule has 2 saturated heterocycles. The van der Waals surface area contributed by atoms with Crippen LogP contribution in [-0.4, -0.2) is 167 Å². The van der Waals surface area contributed by atoms with E-state index in [1.54, 1.807) is 13.2 Å². The van der Waals surface area contributed by atoms with Crippen LogP contribution in [0.25, 0.3) is 0 Å². The molecule has 366 valence electrons. The van der Waals surface area contributed by atoms with Crippen LogP contribution in [0.1, 0.15) is 81.6 Å². The molecule has 0 radical (unpaired) electrons. The number of rotatable bonds is 17. The Hall–Kier alpha value is -3.83. The number of thioether (sulfide) groups is 1. The summed E-state index contributed by atoms with van der Waals surface area (Å²) in [6, 6.07) is 1.85. The summed E-state index contributed by atoms with van der Waals surface area (Å²) in [5, 5.41) is 96.7. The van der Waals surface area contributed by atoms with Crippen LogP contribution in [0.4, 0.5) is 0 Å². The molecule has 21 heteroatoms. The van der Waals surface area contributed by atoms with E-state index in [1.807, 2.05) is 0 Å². The molecule has 0 aromatic heterocycles. The van der Waals surface area contributed by atoms with Crippen molar-refractivity contribution in [3.8, 4) is 5.75 Å². The van der Waals surface area contributed by atoms with Gasteiger partial charge in [-0.05, 0) is 69.9 Å². The largest absolute Gasteiger partial charge is 0.510 e. The number of hydrogen-bond donors (Lipinski definition) is 12. The number of carbonyl (C=O) groups excluding carboxylic acids is 5. The van der Waals surface area contributed by atoms with Gasteiger partial charge >= 0.3 is 0 Å². The van der Waals surface area contributed by atoms with Crippen molar-refractivity contribution in [3.05, 3.63) is 52.0 Å². The molecule has 1 aromatic rings. The van der Waals surface area contributed by atoms with E-state index in [4.69, 9.17) is 22.1 Å². The number of carbonyl (C=O) groups is 5. The molecule has 2 aliphatic heterocycles. The van der Waals surface area contributed by atoms with Gasteiger partial charge in [-0.3, -0.25) is 24.0 Å².